The number of halogens is 1. The van der Waals surface area contributed by atoms with Gasteiger partial charge in [-0.25, -0.2) is 0 Å². The maximum Gasteiger partial charge on any atom is 0.127 e. The van der Waals surface area contributed by atoms with Crippen LogP contribution in [0, 0.1) is 6.92 Å². The first kappa shape index (κ1) is 15.9. The van der Waals surface area contributed by atoms with Crippen molar-refractivity contribution in [3.8, 4) is 11.5 Å². The summed E-state index contributed by atoms with van der Waals surface area (Å²) in [7, 11) is 5.28. The second-order valence-corrected chi connectivity index (χ2v) is 5.68. The van der Waals surface area contributed by atoms with E-state index in [1.165, 1.54) is 5.56 Å². The smallest absolute Gasteiger partial charge is 0.127 e. The fraction of sp³-hybridized carbons (Fsp3) is 0.294. The molecule has 21 heavy (non-hydrogen) atoms. The Balaban J connectivity index is 2.61. The minimum atomic E-state index is -0.0222. The van der Waals surface area contributed by atoms with E-state index in [1.54, 1.807) is 14.2 Å². The third-order valence-electron chi connectivity index (χ3n) is 3.51. The van der Waals surface area contributed by atoms with E-state index in [4.69, 9.17) is 9.47 Å². The Morgan fingerprint density at radius 3 is 2.14 bits per heavy atom. The first-order valence-electron chi connectivity index (χ1n) is 6.76. The highest BCUT2D eigenvalue weighted by Crippen LogP contribution is 2.39. The molecule has 0 bridgehead atoms. The molecule has 0 heterocycles. The summed E-state index contributed by atoms with van der Waals surface area (Å²) in [4.78, 5) is 0. The third-order valence-corrected chi connectivity index (χ3v) is 4.20. The van der Waals surface area contributed by atoms with Gasteiger partial charge in [0.05, 0.1) is 25.8 Å². The summed E-state index contributed by atoms with van der Waals surface area (Å²) in [5, 5.41) is 3.35. The average Bonchev–Trinajstić information content (AvgIpc) is 2.49. The van der Waals surface area contributed by atoms with Gasteiger partial charge in [-0.2, -0.15) is 0 Å². The molecule has 3 nitrogen and oxygen atoms in total. The van der Waals surface area contributed by atoms with Crippen LogP contribution in [0.5, 0.6) is 11.5 Å². The molecule has 0 aliphatic rings. The number of hydrogen-bond acceptors (Lipinski definition) is 3. The lowest BCUT2D eigenvalue weighted by Gasteiger charge is -2.23. The predicted octanol–water partition coefficient (Wildman–Crippen LogP) is 4.08. The maximum atomic E-state index is 5.52. The molecule has 4 heteroatoms. The Labute approximate surface area is 134 Å². The predicted molar refractivity (Wildman–Crippen MR) is 89.3 cm³/mol. The number of hydrogen-bond donors (Lipinski definition) is 1. The van der Waals surface area contributed by atoms with Crippen LogP contribution in [-0.4, -0.2) is 21.3 Å². The summed E-state index contributed by atoms with van der Waals surface area (Å²) >= 11 is 3.66. The minimum Gasteiger partial charge on any atom is -0.496 e. The van der Waals surface area contributed by atoms with Crippen LogP contribution in [0.3, 0.4) is 0 Å². The Morgan fingerprint density at radius 2 is 1.67 bits per heavy atom. The largest absolute Gasteiger partial charge is 0.496 e. The van der Waals surface area contributed by atoms with E-state index in [9.17, 15) is 0 Å². The Kier molecular flexibility index (Phi) is 5.26. The summed E-state index contributed by atoms with van der Waals surface area (Å²) in [6, 6.07) is 12.1. The van der Waals surface area contributed by atoms with Crippen molar-refractivity contribution in [1.29, 1.82) is 0 Å². The summed E-state index contributed by atoms with van der Waals surface area (Å²) in [5.41, 5.74) is 3.35. The number of ether oxygens (including phenoxy) is 2. The molecule has 0 aliphatic heterocycles. The van der Waals surface area contributed by atoms with E-state index < -0.39 is 0 Å². The van der Waals surface area contributed by atoms with Crippen molar-refractivity contribution in [2.75, 3.05) is 21.3 Å². The number of rotatable bonds is 5. The molecule has 0 amide bonds. The summed E-state index contributed by atoms with van der Waals surface area (Å²) in [6.45, 7) is 2.08. The molecular formula is C17H20BrNO2. The SMILES string of the molecule is CNC(c1ccc(C)cc1Br)c1c(OC)cccc1OC. The lowest BCUT2D eigenvalue weighted by molar-refractivity contribution is 0.378. The van der Waals surface area contributed by atoms with Gasteiger partial charge in [-0.05, 0) is 43.3 Å². The fourth-order valence-corrected chi connectivity index (χ4v) is 3.21. The van der Waals surface area contributed by atoms with E-state index >= 15 is 0 Å². The quantitative estimate of drug-likeness (QED) is 0.881. The van der Waals surface area contributed by atoms with Crippen LogP contribution in [0.2, 0.25) is 0 Å². The summed E-state index contributed by atoms with van der Waals surface area (Å²) in [5.74, 6) is 1.61. The van der Waals surface area contributed by atoms with Crippen LogP contribution >= 0.6 is 15.9 Å². The van der Waals surface area contributed by atoms with Gasteiger partial charge in [0, 0.05) is 4.47 Å². The normalized spacial score (nSPS) is 12.0. The van der Waals surface area contributed by atoms with Crippen molar-refractivity contribution in [3.05, 3.63) is 57.6 Å². The van der Waals surface area contributed by atoms with Gasteiger partial charge < -0.3 is 14.8 Å². The van der Waals surface area contributed by atoms with Crippen LogP contribution in [0.1, 0.15) is 22.7 Å². The first-order chi connectivity index (χ1) is 10.1. The highest BCUT2D eigenvalue weighted by Gasteiger charge is 2.22. The van der Waals surface area contributed by atoms with Gasteiger partial charge in [0.2, 0.25) is 0 Å². The van der Waals surface area contributed by atoms with E-state index in [1.807, 2.05) is 25.2 Å². The van der Waals surface area contributed by atoms with Crippen molar-refractivity contribution >= 4 is 15.9 Å². The van der Waals surface area contributed by atoms with E-state index in [-0.39, 0.29) is 6.04 Å². The molecule has 0 spiro atoms. The van der Waals surface area contributed by atoms with Gasteiger partial charge >= 0.3 is 0 Å². The van der Waals surface area contributed by atoms with Crippen molar-refractivity contribution in [2.24, 2.45) is 0 Å². The molecule has 1 unspecified atom stereocenters. The number of aryl methyl sites for hydroxylation is 1. The molecule has 0 fully saturated rings. The van der Waals surface area contributed by atoms with Gasteiger partial charge in [-0.15, -0.1) is 0 Å². The molecule has 0 aliphatic carbocycles. The standard InChI is InChI=1S/C17H20BrNO2/c1-11-8-9-12(13(18)10-11)17(19-2)16-14(20-3)6-5-7-15(16)21-4/h5-10,17,19H,1-4H3. The van der Waals surface area contributed by atoms with Crippen LogP contribution in [0.25, 0.3) is 0 Å². The van der Waals surface area contributed by atoms with Gasteiger partial charge in [-0.1, -0.05) is 34.1 Å². The van der Waals surface area contributed by atoms with Crippen molar-refractivity contribution in [2.45, 2.75) is 13.0 Å². The third kappa shape index (κ3) is 3.22. The fourth-order valence-electron chi connectivity index (χ4n) is 2.49. The highest BCUT2D eigenvalue weighted by molar-refractivity contribution is 9.10. The van der Waals surface area contributed by atoms with E-state index in [0.717, 1.165) is 27.1 Å². The van der Waals surface area contributed by atoms with Crippen LogP contribution in [0.15, 0.2) is 40.9 Å². The molecule has 0 saturated carbocycles. The van der Waals surface area contributed by atoms with Crippen molar-refractivity contribution < 1.29 is 9.47 Å². The lowest BCUT2D eigenvalue weighted by atomic mass is 9.96. The molecule has 2 rings (SSSR count). The molecule has 0 aromatic heterocycles. The number of benzene rings is 2. The highest BCUT2D eigenvalue weighted by atomic mass is 79.9. The number of methoxy groups -OCH3 is 2. The second kappa shape index (κ2) is 6.96. The zero-order valence-corrected chi connectivity index (χ0v) is 14.3. The molecule has 112 valence electrons. The molecule has 1 N–H and O–H groups in total. The average molecular weight is 350 g/mol. The van der Waals surface area contributed by atoms with Crippen molar-refractivity contribution in [1.82, 2.24) is 5.32 Å². The monoisotopic (exact) mass is 349 g/mol. The van der Waals surface area contributed by atoms with Gasteiger partial charge in [0.25, 0.3) is 0 Å². The summed E-state index contributed by atoms with van der Waals surface area (Å²) in [6.07, 6.45) is 0. The van der Waals surface area contributed by atoms with E-state index in [0.29, 0.717) is 0 Å². The second-order valence-electron chi connectivity index (χ2n) is 4.82. The van der Waals surface area contributed by atoms with Crippen molar-refractivity contribution in [3.63, 3.8) is 0 Å². The molecule has 0 radical (unpaired) electrons. The van der Waals surface area contributed by atoms with Crippen LogP contribution in [0.4, 0.5) is 0 Å². The maximum absolute atomic E-state index is 5.52. The van der Waals surface area contributed by atoms with Gasteiger partial charge in [0.15, 0.2) is 0 Å². The summed E-state index contributed by atoms with van der Waals surface area (Å²) < 4.78 is 12.1. The number of nitrogens with one attached hydrogen (secondary N) is 1. The molecule has 1 atom stereocenters. The first-order valence-corrected chi connectivity index (χ1v) is 7.55. The molecule has 2 aromatic carbocycles. The van der Waals surface area contributed by atoms with E-state index in [2.05, 4.69) is 46.4 Å². The van der Waals surface area contributed by atoms with Crippen LogP contribution < -0.4 is 14.8 Å². The Hall–Kier alpha value is -1.52. The zero-order chi connectivity index (χ0) is 15.4. The Bertz CT molecular complexity index is 606. The van der Waals surface area contributed by atoms with Crippen LogP contribution in [-0.2, 0) is 0 Å². The minimum absolute atomic E-state index is 0.0222. The molecular weight excluding hydrogens is 330 g/mol. The van der Waals surface area contributed by atoms with Gasteiger partial charge in [-0.3, -0.25) is 0 Å². The lowest BCUT2D eigenvalue weighted by Crippen LogP contribution is -2.20. The topological polar surface area (TPSA) is 30.5 Å². The molecule has 2 aromatic rings. The Morgan fingerprint density at radius 1 is 1.05 bits per heavy atom. The molecule has 0 saturated heterocycles. The van der Waals surface area contributed by atoms with Gasteiger partial charge in [0.1, 0.15) is 11.5 Å². The zero-order valence-electron chi connectivity index (χ0n) is 12.7.